The van der Waals surface area contributed by atoms with Crippen LogP contribution in [0.25, 0.3) is 0 Å². The van der Waals surface area contributed by atoms with Crippen molar-refractivity contribution in [2.75, 3.05) is 53.9 Å². The van der Waals surface area contributed by atoms with Crippen LogP contribution in [-0.4, -0.2) is 82.5 Å². The number of sulfonamides is 1. The van der Waals surface area contributed by atoms with E-state index in [1.807, 2.05) is 19.5 Å². The van der Waals surface area contributed by atoms with E-state index in [0.717, 1.165) is 0 Å². The van der Waals surface area contributed by atoms with Gasteiger partial charge in [-0.15, -0.1) is 0 Å². The molecule has 1 aliphatic heterocycles. The molecular formula is C20H28N4O4S2. The molecule has 1 aromatic carbocycles. The lowest BCUT2D eigenvalue weighted by Gasteiger charge is -2.34. The summed E-state index contributed by atoms with van der Waals surface area (Å²) in [7, 11) is 1.91. The number of rotatable bonds is 7. The molecule has 2 heterocycles. The molecule has 2 amide bonds. The van der Waals surface area contributed by atoms with Crippen molar-refractivity contribution in [1.82, 2.24) is 19.4 Å². The topological polar surface area (TPSA) is 82.2 Å². The van der Waals surface area contributed by atoms with Crippen molar-refractivity contribution in [3.05, 3.63) is 46.7 Å². The number of hydrogen-bond acceptors (Lipinski definition) is 6. The summed E-state index contributed by atoms with van der Waals surface area (Å²) in [5.41, 5.74) is 1.17. The number of nitrogens with zero attached hydrogens (tertiary/aromatic N) is 3. The number of nitrogens with one attached hydrogen (secondary N) is 1. The highest BCUT2D eigenvalue weighted by Gasteiger charge is 2.30. The molecular weight excluding hydrogens is 424 g/mol. The molecule has 1 atom stereocenters. The average molecular weight is 453 g/mol. The van der Waals surface area contributed by atoms with Crippen LogP contribution in [-0.2, 0) is 10.0 Å². The van der Waals surface area contributed by atoms with Crippen LogP contribution in [0.3, 0.4) is 0 Å². The van der Waals surface area contributed by atoms with Gasteiger partial charge < -0.3 is 19.9 Å². The molecule has 0 saturated carbocycles. The summed E-state index contributed by atoms with van der Waals surface area (Å²) in [6, 6.07) is 8.33. The Morgan fingerprint density at radius 3 is 2.37 bits per heavy atom. The predicted molar refractivity (Wildman–Crippen MR) is 117 cm³/mol. The molecule has 1 fully saturated rings. The van der Waals surface area contributed by atoms with Crippen LogP contribution >= 0.6 is 11.3 Å². The Morgan fingerprint density at radius 2 is 1.83 bits per heavy atom. The zero-order chi connectivity index (χ0) is 21.7. The van der Waals surface area contributed by atoms with Crippen molar-refractivity contribution >= 4 is 27.4 Å². The van der Waals surface area contributed by atoms with Crippen molar-refractivity contribution < 1.29 is 17.9 Å². The zero-order valence-electron chi connectivity index (χ0n) is 17.4. The van der Waals surface area contributed by atoms with E-state index in [-0.39, 0.29) is 30.1 Å². The Bertz CT molecular complexity index is 922. The highest BCUT2D eigenvalue weighted by molar-refractivity contribution is 7.89. The fourth-order valence-electron chi connectivity index (χ4n) is 3.39. The van der Waals surface area contributed by atoms with Crippen molar-refractivity contribution in [2.24, 2.45) is 0 Å². The van der Waals surface area contributed by atoms with Gasteiger partial charge in [0.1, 0.15) is 5.75 Å². The fraction of sp³-hybridized carbons (Fsp3) is 0.450. The largest absolute Gasteiger partial charge is 0.497 e. The minimum Gasteiger partial charge on any atom is -0.497 e. The summed E-state index contributed by atoms with van der Waals surface area (Å²) < 4.78 is 32.2. The third kappa shape index (κ3) is 5.12. The van der Waals surface area contributed by atoms with Crippen LogP contribution in [0.2, 0.25) is 0 Å². The lowest BCUT2D eigenvalue weighted by atomic mass is 10.1. The number of hydrogen-bond donors (Lipinski definition) is 1. The zero-order valence-corrected chi connectivity index (χ0v) is 19.1. The Labute approximate surface area is 182 Å². The van der Waals surface area contributed by atoms with Gasteiger partial charge in [-0.1, -0.05) is 0 Å². The molecule has 0 bridgehead atoms. The number of ether oxygens (including phenoxy) is 1. The Kier molecular flexibility index (Phi) is 7.35. The molecule has 2 aromatic rings. The average Bonchev–Trinajstić information content (AvgIpc) is 3.28. The van der Waals surface area contributed by atoms with Gasteiger partial charge in [0.05, 0.1) is 18.0 Å². The number of urea groups is 1. The molecule has 1 saturated heterocycles. The summed E-state index contributed by atoms with van der Waals surface area (Å²) in [6.45, 7) is 1.73. The second kappa shape index (κ2) is 9.78. The van der Waals surface area contributed by atoms with Gasteiger partial charge in [-0.05, 0) is 60.8 Å². The van der Waals surface area contributed by atoms with E-state index in [4.69, 9.17) is 4.74 Å². The molecule has 1 aliphatic rings. The minimum absolute atomic E-state index is 0.0944. The number of piperazine rings is 1. The smallest absolute Gasteiger partial charge is 0.317 e. The maximum Gasteiger partial charge on any atom is 0.317 e. The van der Waals surface area contributed by atoms with Gasteiger partial charge in [-0.2, -0.15) is 15.6 Å². The minimum atomic E-state index is -3.59. The van der Waals surface area contributed by atoms with Crippen molar-refractivity contribution in [1.29, 1.82) is 0 Å². The van der Waals surface area contributed by atoms with E-state index in [0.29, 0.717) is 25.4 Å². The third-order valence-corrected chi connectivity index (χ3v) is 7.84. The second-order valence-corrected chi connectivity index (χ2v) is 10.0. The number of methoxy groups -OCH3 is 1. The number of thiophene rings is 1. The Hall–Kier alpha value is -2.14. The molecule has 10 heteroatoms. The number of amides is 2. The second-order valence-electron chi connectivity index (χ2n) is 7.29. The number of benzene rings is 1. The van der Waals surface area contributed by atoms with E-state index in [9.17, 15) is 13.2 Å². The number of likely N-dealkylation sites (N-methyl/N-ethyl adjacent to an activating group) is 1. The number of carbonyl (C=O) groups excluding carboxylic acids is 1. The van der Waals surface area contributed by atoms with Crippen LogP contribution in [0.5, 0.6) is 5.75 Å². The summed E-state index contributed by atoms with van der Waals surface area (Å²) in [5.74, 6) is 0.605. The van der Waals surface area contributed by atoms with Crippen LogP contribution in [0.15, 0.2) is 46.0 Å². The van der Waals surface area contributed by atoms with Gasteiger partial charge in [0.15, 0.2) is 0 Å². The summed E-state index contributed by atoms with van der Waals surface area (Å²) in [4.78, 5) is 16.6. The van der Waals surface area contributed by atoms with E-state index in [1.165, 1.54) is 17.0 Å². The van der Waals surface area contributed by atoms with Crippen molar-refractivity contribution in [3.63, 3.8) is 0 Å². The SMILES string of the molecule is COc1ccc(S(=O)(=O)N2CCN(C(=O)NC[C@H](c3ccsc3)N(C)C)CC2)cc1. The fourth-order valence-corrected chi connectivity index (χ4v) is 5.52. The third-order valence-electron chi connectivity index (χ3n) is 5.22. The molecule has 1 N–H and O–H groups in total. The van der Waals surface area contributed by atoms with E-state index in [2.05, 4.69) is 21.7 Å². The molecule has 0 radical (unpaired) electrons. The number of carbonyl (C=O) groups is 1. The molecule has 0 aliphatic carbocycles. The lowest BCUT2D eigenvalue weighted by Crippen LogP contribution is -2.53. The van der Waals surface area contributed by atoms with E-state index >= 15 is 0 Å². The molecule has 1 aromatic heterocycles. The van der Waals surface area contributed by atoms with Gasteiger partial charge in [0.25, 0.3) is 0 Å². The monoisotopic (exact) mass is 452 g/mol. The van der Waals surface area contributed by atoms with E-state index in [1.54, 1.807) is 40.5 Å². The maximum absolute atomic E-state index is 12.8. The summed E-state index contributed by atoms with van der Waals surface area (Å²) in [6.07, 6.45) is 0. The van der Waals surface area contributed by atoms with Gasteiger partial charge in [0.2, 0.25) is 10.0 Å². The maximum atomic E-state index is 12.8. The summed E-state index contributed by atoms with van der Waals surface area (Å²) in [5, 5.41) is 7.10. The highest BCUT2D eigenvalue weighted by atomic mass is 32.2. The van der Waals surface area contributed by atoms with Crippen LogP contribution in [0.4, 0.5) is 4.79 Å². The standard InChI is InChI=1S/C20H28N4O4S2/c1-22(2)19(16-8-13-29-15-16)14-21-20(25)23-9-11-24(12-10-23)30(26,27)18-6-4-17(28-3)5-7-18/h4-8,13,15,19H,9-12,14H2,1-3H3,(H,21,25)/t19-/m1/s1. The quantitative estimate of drug-likeness (QED) is 0.696. The van der Waals surface area contributed by atoms with Gasteiger partial charge in [-0.25, -0.2) is 13.2 Å². The van der Waals surface area contributed by atoms with Gasteiger partial charge in [-0.3, -0.25) is 0 Å². The van der Waals surface area contributed by atoms with Crippen molar-refractivity contribution in [2.45, 2.75) is 10.9 Å². The normalized spacial score (nSPS) is 16.5. The Morgan fingerprint density at radius 1 is 1.17 bits per heavy atom. The molecule has 30 heavy (non-hydrogen) atoms. The molecule has 164 valence electrons. The highest BCUT2D eigenvalue weighted by Crippen LogP contribution is 2.22. The first kappa shape index (κ1) is 22.5. The van der Waals surface area contributed by atoms with Crippen LogP contribution in [0.1, 0.15) is 11.6 Å². The Balaban J connectivity index is 1.54. The van der Waals surface area contributed by atoms with Gasteiger partial charge >= 0.3 is 6.03 Å². The van der Waals surface area contributed by atoms with Gasteiger partial charge in [0, 0.05) is 32.7 Å². The van der Waals surface area contributed by atoms with Crippen LogP contribution < -0.4 is 10.1 Å². The molecule has 0 unspecified atom stereocenters. The lowest BCUT2D eigenvalue weighted by molar-refractivity contribution is 0.168. The molecule has 0 spiro atoms. The summed E-state index contributed by atoms with van der Waals surface area (Å²) >= 11 is 1.63. The first-order valence-corrected chi connectivity index (χ1v) is 12.1. The first-order chi connectivity index (χ1) is 14.3. The van der Waals surface area contributed by atoms with Crippen molar-refractivity contribution in [3.8, 4) is 5.75 Å². The van der Waals surface area contributed by atoms with Crippen LogP contribution in [0, 0.1) is 0 Å². The van der Waals surface area contributed by atoms with E-state index < -0.39 is 10.0 Å². The molecule has 8 nitrogen and oxygen atoms in total. The first-order valence-electron chi connectivity index (χ1n) is 9.68. The molecule has 3 rings (SSSR count). The predicted octanol–water partition coefficient (Wildman–Crippen LogP) is 2.08.